The Morgan fingerprint density at radius 1 is 1.08 bits per heavy atom. The molecule has 2 rings (SSSR count). The smallest absolute Gasteiger partial charge is 0.262 e. The van der Waals surface area contributed by atoms with Crippen LogP contribution in [0.1, 0.15) is 18.1 Å². The number of anilines is 1. The van der Waals surface area contributed by atoms with E-state index >= 15 is 0 Å². The summed E-state index contributed by atoms with van der Waals surface area (Å²) in [6.45, 7) is 2.00. The van der Waals surface area contributed by atoms with Gasteiger partial charge in [0.05, 0.1) is 10.9 Å². The highest BCUT2D eigenvalue weighted by Gasteiger charge is 2.08. The summed E-state index contributed by atoms with van der Waals surface area (Å²) in [4.78, 5) is 25.3. The number of halogens is 1. The fourth-order valence-electron chi connectivity index (χ4n) is 2.26. The van der Waals surface area contributed by atoms with E-state index in [0.29, 0.717) is 17.9 Å². The molecule has 1 N–H and O–H groups in total. The number of benzene rings is 2. The van der Waals surface area contributed by atoms with Crippen LogP contribution < -0.4 is 10.1 Å². The second-order valence-corrected chi connectivity index (χ2v) is 6.97. The fourth-order valence-corrected chi connectivity index (χ4v) is 2.80. The van der Waals surface area contributed by atoms with Crippen LogP contribution in [0.5, 0.6) is 5.75 Å². The molecule has 2 aromatic carbocycles. The number of aryl methyl sites for hydroxylation is 1. The molecule has 26 heavy (non-hydrogen) atoms. The predicted octanol–water partition coefficient (Wildman–Crippen LogP) is 3.66. The summed E-state index contributed by atoms with van der Waals surface area (Å²) in [5, 5.41) is 2.78. The van der Waals surface area contributed by atoms with Crippen LogP contribution in [0.25, 0.3) is 0 Å². The third kappa shape index (κ3) is 5.88. The van der Waals surface area contributed by atoms with Gasteiger partial charge >= 0.3 is 0 Å². The molecule has 0 saturated carbocycles. The Morgan fingerprint density at radius 2 is 1.73 bits per heavy atom. The Labute approximate surface area is 162 Å². The van der Waals surface area contributed by atoms with Gasteiger partial charge in [-0.3, -0.25) is 9.59 Å². The first-order valence-electron chi connectivity index (χ1n) is 8.39. The largest absolute Gasteiger partial charge is 0.483 e. The van der Waals surface area contributed by atoms with Crippen LogP contribution in [0.4, 0.5) is 5.69 Å². The molecule has 138 valence electrons. The molecular weight excluding hydrogens is 396 g/mol. The number of carbonyl (C=O) groups excluding carboxylic acids is 2. The number of hydrogen-bond donors (Lipinski definition) is 1. The minimum Gasteiger partial charge on any atom is -0.483 e. The molecule has 6 heteroatoms. The van der Waals surface area contributed by atoms with Crippen LogP contribution in [-0.4, -0.2) is 37.4 Å². The quantitative estimate of drug-likeness (QED) is 0.745. The van der Waals surface area contributed by atoms with Crippen LogP contribution in [0.2, 0.25) is 0 Å². The van der Waals surface area contributed by atoms with Crippen LogP contribution in [0.3, 0.4) is 0 Å². The van der Waals surface area contributed by atoms with Gasteiger partial charge in [0, 0.05) is 19.8 Å². The fraction of sp³-hybridized carbons (Fsp3) is 0.300. The van der Waals surface area contributed by atoms with Crippen LogP contribution in [0.15, 0.2) is 46.9 Å². The topological polar surface area (TPSA) is 58.6 Å². The van der Waals surface area contributed by atoms with Crippen LogP contribution >= 0.6 is 15.9 Å². The van der Waals surface area contributed by atoms with Crippen molar-refractivity contribution >= 4 is 33.4 Å². The summed E-state index contributed by atoms with van der Waals surface area (Å²) in [5.74, 6) is 0.429. The zero-order valence-corrected chi connectivity index (χ0v) is 16.8. The van der Waals surface area contributed by atoms with Gasteiger partial charge < -0.3 is 15.0 Å². The lowest BCUT2D eigenvalue weighted by Crippen LogP contribution is -2.23. The Kier molecular flexibility index (Phi) is 7.21. The third-order valence-electron chi connectivity index (χ3n) is 3.86. The molecule has 0 aromatic heterocycles. The molecule has 0 aliphatic heterocycles. The van der Waals surface area contributed by atoms with Crippen LogP contribution in [0, 0.1) is 0 Å². The lowest BCUT2D eigenvalue weighted by molar-refractivity contribution is -0.128. The second kappa shape index (κ2) is 9.38. The van der Waals surface area contributed by atoms with E-state index in [0.717, 1.165) is 16.5 Å². The first-order valence-corrected chi connectivity index (χ1v) is 9.18. The van der Waals surface area contributed by atoms with E-state index in [1.54, 1.807) is 31.1 Å². The Bertz CT molecular complexity index is 773. The minimum atomic E-state index is -0.242. The first-order chi connectivity index (χ1) is 12.4. The average molecular weight is 419 g/mol. The third-order valence-corrected chi connectivity index (χ3v) is 4.47. The maximum Gasteiger partial charge on any atom is 0.262 e. The lowest BCUT2D eigenvalue weighted by atomic mass is 10.1. The molecular formula is C20H23BrN2O3. The zero-order chi connectivity index (χ0) is 19.1. The number of ether oxygens (including phenoxy) is 1. The molecule has 0 aliphatic rings. The van der Waals surface area contributed by atoms with E-state index in [2.05, 4.69) is 28.2 Å². The van der Waals surface area contributed by atoms with Crippen molar-refractivity contribution in [3.05, 3.63) is 58.1 Å². The highest BCUT2D eigenvalue weighted by atomic mass is 79.9. The zero-order valence-electron chi connectivity index (χ0n) is 15.2. The lowest BCUT2D eigenvalue weighted by Gasteiger charge is -2.11. The number of amides is 2. The average Bonchev–Trinajstić information content (AvgIpc) is 2.62. The number of likely N-dealkylation sites (N-methyl/N-ethyl adjacent to an activating group) is 1. The Hall–Kier alpha value is -2.34. The molecule has 0 fully saturated rings. The normalized spacial score (nSPS) is 10.3. The van der Waals surface area contributed by atoms with Crippen molar-refractivity contribution in [1.82, 2.24) is 4.90 Å². The summed E-state index contributed by atoms with van der Waals surface area (Å²) in [6, 6.07) is 13.0. The van der Waals surface area contributed by atoms with Gasteiger partial charge in [-0.15, -0.1) is 0 Å². The van der Waals surface area contributed by atoms with Crippen molar-refractivity contribution in [1.29, 1.82) is 0 Å². The molecule has 0 atom stereocenters. The number of hydrogen-bond acceptors (Lipinski definition) is 3. The molecule has 0 unspecified atom stereocenters. The van der Waals surface area contributed by atoms with E-state index < -0.39 is 0 Å². The van der Waals surface area contributed by atoms with Gasteiger partial charge in [0.25, 0.3) is 5.91 Å². The van der Waals surface area contributed by atoms with Crippen molar-refractivity contribution in [3.63, 3.8) is 0 Å². The van der Waals surface area contributed by atoms with Crippen molar-refractivity contribution in [2.45, 2.75) is 19.8 Å². The van der Waals surface area contributed by atoms with Crippen molar-refractivity contribution in [3.8, 4) is 5.75 Å². The number of nitrogens with zero attached hydrogens (tertiary/aromatic N) is 1. The van der Waals surface area contributed by atoms with E-state index in [9.17, 15) is 9.59 Å². The van der Waals surface area contributed by atoms with Gasteiger partial charge in [0.2, 0.25) is 5.91 Å². The predicted molar refractivity (Wildman–Crippen MR) is 106 cm³/mol. The van der Waals surface area contributed by atoms with Crippen molar-refractivity contribution in [2.24, 2.45) is 0 Å². The SMILES string of the molecule is CCc1ccc(OCC(=O)Nc2ccc(CC(=O)N(C)C)cc2)c(Br)c1. The maximum absolute atomic E-state index is 12.1. The molecule has 0 aliphatic carbocycles. The minimum absolute atomic E-state index is 0.0369. The number of rotatable bonds is 7. The van der Waals surface area contributed by atoms with E-state index in [-0.39, 0.29) is 18.4 Å². The molecule has 0 spiro atoms. The summed E-state index contributed by atoms with van der Waals surface area (Å²) in [5.41, 5.74) is 2.76. The highest BCUT2D eigenvalue weighted by Crippen LogP contribution is 2.26. The molecule has 2 aromatic rings. The summed E-state index contributed by atoms with van der Waals surface area (Å²) >= 11 is 3.45. The van der Waals surface area contributed by atoms with Gasteiger partial charge in [-0.25, -0.2) is 0 Å². The van der Waals surface area contributed by atoms with E-state index in [4.69, 9.17) is 4.74 Å². The molecule has 5 nitrogen and oxygen atoms in total. The van der Waals surface area contributed by atoms with E-state index in [1.165, 1.54) is 5.56 Å². The monoisotopic (exact) mass is 418 g/mol. The van der Waals surface area contributed by atoms with Gasteiger partial charge in [0.15, 0.2) is 6.61 Å². The summed E-state index contributed by atoms with van der Waals surface area (Å²) < 4.78 is 6.40. The number of nitrogens with one attached hydrogen (secondary N) is 1. The van der Waals surface area contributed by atoms with Gasteiger partial charge in [-0.05, 0) is 57.7 Å². The highest BCUT2D eigenvalue weighted by molar-refractivity contribution is 9.10. The molecule has 0 bridgehead atoms. The Morgan fingerprint density at radius 3 is 2.31 bits per heavy atom. The molecule has 0 heterocycles. The standard InChI is InChI=1S/C20H23BrN2O3/c1-4-14-7-10-18(17(21)11-14)26-13-19(24)22-16-8-5-15(6-9-16)12-20(25)23(2)3/h5-11H,4,12-13H2,1-3H3,(H,22,24). The van der Waals surface area contributed by atoms with Crippen molar-refractivity contribution in [2.75, 3.05) is 26.0 Å². The second-order valence-electron chi connectivity index (χ2n) is 6.12. The van der Waals surface area contributed by atoms with Gasteiger partial charge in [0.1, 0.15) is 5.75 Å². The molecule has 0 saturated heterocycles. The van der Waals surface area contributed by atoms with Crippen molar-refractivity contribution < 1.29 is 14.3 Å². The van der Waals surface area contributed by atoms with Gasteiger partial charge in [-0.1, -0.05) is 25.1 Å². The Balaban J connectivity index is 1.87. The summed E-state index contributed by atoms with van der Waals surface area (Å²) in [6.07, 6.45) is 1.28. The first kappa shape index (κ1) is 20.0. The number of carbonyl (C=O) groups is 2. The maximum atomic E-state index is 12.1. The van der Waals surface area contributed by atoms with E-state index in [1.807, 2.05) is 30.3 Å². The van der Waals surface area contributed by atoms with Crippen LogP contribution in [-0.2, 0) is 22.4 Å². The summed E-state index contributed by atoms with van der Waals surface area (Å²) in [7, 11) is 3.45. The van der Waals surface area contributed by atoms with Gasteiger partial charge in [-0.2, -0.15) is 0 Å². The molecule has 2 amide bonds. The molecule has 0 radical (unpaired) electrons.